The first-order valence-corrected chi connectivity index (χ1v) is 5.81. The molecule has 0 aliphatic heterocycles. The number of methoxy groups -OCH3 is 1. The second-order valence-electron chi connectivity index (χ2n) is 4.16. The van der Waals surface area contributed by atoms with Crippen molar-refractivity contribution in [1.29, 1.82) is 0 Å². The van der Waals surface area contributed by atoms with Crippen LogP contribution in [0.15, 0.2) is 36.2 Å². The van der Waals surface area contributed by atoms with Crippen molar-refractivity contribution in [2.45, 2.75) is 0 Å². The van der Waals surface area contributed by atoms with Crippen molar-refractivity contribution < 1.29 is 19.1 Å². The van der Waals surface area contributed by atoms with Crippen LogP contribution in [0.1, 0.15) is 20.7 Å². The summed E-state index contributed by atoms with van der Waals surface area (Å²) in [6.45, 7) is 0. The van der Waals surface area contributed by atoms with Crippen LogP contribution < -0.4 is 5.32 Å². The Morgan fingerprint density at radius 1 is 1.25 bits per heavy atom. The summed E-state index contributed by atoms with van der Waals surface area (Å²) >= 11 is 0. The molecule has 1 amide bonds. The van der Waals surface area contributed by atoms with Gasteiger partial charge in [0, 0.05) is 25.9 Å². The normalized spacial score (nSPS) is 10.7. The molecule has 20 heavy (non-hydrogen) atoms. The number of aldehydes is 1. The molecule has 0 fully saturated rings. The Labute approximate surface area is 117 Å². The van der Waals surface area contributed by atoms with E-state index in [9.17, 15) is 14.4 Å². The van der Waals surface area contributed by atoms with Crippen LogP contribution >= 0.6 is 0 Å². The summed E-state index contributed by atoms with van der Waals surface area (Å²) in [7, 11) is 4.63. The summed E-state index contributed by atoms with van der Waals surface area (Å²) in [4.78, 5) is 36.2. The minimum Gasteiger partial charge on any atom is -0.464 e. The van der Waals surface area contributed by atoms with E-state index in [0.29, 0.717) is 6.29 Å². The van der Waals surface area contributed by atoms with Crippen LogP contribution in [0.5, 0.6) is 0 Å². The van der Waals surface area contributed by atoms with Crippen LogP contribution in [0.4, 0.5) is 0 Å². The molecule has 1 aromatic carbocycles. The van der Waals surface area contributed by atoms with Crippen molar-refractivity contribution in [3.05, 3.63) is 47.3 Å². The highest BCUT2D eigenvalue weighted by molar-refractivity contribution is 6.05. The van der Waals surface area contributed by atoms with Crippen LogP contribution in [-0.4, -0.2) is 44.3 Å². The van der Waals surface area contributed by atoms with Gasteiger partial charge in [0.15, 0.2) is 6.29 Å². The van der Waals surface area contributed by atoms with Crippen molar-refractivity contribution in [3.8, 4) is 0 Å². The van der Waals surface area contributed by atoms with Crippen molar-refractivity contribution in [1.82, 2.24) is 10.2 Å². The number of carbonyl (C=O) groups excluding carboxylic acids is 3. The lowest BCUT2D eigenvalue weighted by atomic mass is 10.1. The van der Waals surface area contributed by atoms with Gasteiger partial charge in [-0.3, -0.25) is 9.59 Å². The van der Waals surface area contributed by atoms with E-state index in [-0.39, 0.29) is 16.8 Å². The van der Waals surface area contributed by atoms with Gasteiger partial charge in [-0.05, 0) is 6.07 Å². The fourth-order valence-corrected chi connectivity index (χ4v) is 1.50. The van der Waals surface area contributed by atoms with Crippen LogP contribution in [0.3, 0.4) is 0 Å². The number of esters is 1. The van der Waals surface area contributed by atoms with Crippen molar-refractivity contribution in [2.24, 2.45) is 0 Å². The minimum atomic E-state index is -0.671. The smallest absolute Gasteiger partial charge is 0.356 e. The van der Waals surface area contributed by atoms with Crippen LogP contribution in [0.2, 0.25) is 0 Å². The molecule has 106 valence electrons. The van der Waals surface area contributed by atoms with Crippen LogP contribution in [0, 0.1) is 0 Å². The molecule has 0 unspecified atom stereocenters. The first kappa shape index (κ1) is 15.4. The quantitative estimate of drug-likeness (QED) is 0.489. The SMILES string of the molecule is COC(=O)C(=CN(C)C)NC(=O)c1ccccc1C=O. The van der Waals surface area contributed by atoms with Gasteiger partial charge in [0.05, 0.1) is 12.7 Å². The molecule has 0 bridgehead atoms. The monoisotopic (exact) mass is 276 g/mol. The Morgan fingerprint density at radius 3 is 2.45 bits per heavy atom. The molecular formula is C14H16N2O4. The highest BCUT2D eigenvalue weighted by Gasteiger charge is 2.17. The van der Waals surface area contributed by atoms with E-state index in [0.717, 1.165) is 0 Å². The zero-order chi connectivity index (χ0) is 15.1. The molecule has 0 saturated carbocycles. The summed E-state index contributed by atoms with van der Waals surface area (Å²) in [5.74, 6) is -1.22. The predicted molar refractivity (Wildman–Crippen MR) is 73.1 cm³/mol. The zero-order valence-corrected chi connectivity index (χ0v) is 11.5. The number of ether oxygens (including phenoxy) is 1. The maximum Gasteiger partial charge on any atom is 0.356 e. The molecule has 0 aromatic heterocycles. The van der Waals surface area contributed by atoms with Gasteiger partial charge in [-0.15, -0.1) is 0 Å². The summed E-state index contributed by atoms with van der Waals surface area (Å²) < 4.78 is 4.59. The highest BCUT2D eigenvalue weighted by atomic mass is 16.5. The molecule has 1 N–H and O–H groups in total. The van der Waals surface area contributed by atoms with E-state index in [2.05, 4.69) is 10.1 Å². The van der Waals surface area contributed by atoms with E-state index >= 15 is 0 Å². The lowest BCUT2D eigenvalue weighted by Gasteiger charge is -2.12. The molecule has 0 spiro atoms. The molecule has 1 aromatic rings. The van der Waals surface area contributed by atoms with Crippen molar-refractivity contribution in [3.63, 3.8) is 0 Å². The summed E-state index contributed by atoms with van der Waals surface area (Å²) in [5, 5.41) is 2.44. The Morgan fingerprint density at radius 2 is 1.90 bits per heavy atom. The van der Waals surface area contributed by atoms with Crippen molar-refractivity contribution in [2.75, 3.05) is 21.2 Å². The lowest BCUT2D eigenvalue weighted by molar-refractivity contribution is -0.136. The topological polar surface area (TPSA) is 75.7 Å². The van der Waals surface area contributed by atoms with Crippen LogP contribution in [0.25, 0.3) is 0 Å². The van der Waals surface area contributed by atoms with E-state index in [1.165, 1.54) is 25.4 Å². The number of nitrogens with one attached hydrogen (secondary N) is 1. The zero-order valence-electron chi connectivity index (χ0n) is 11.5. The lowest BCUT2D eigenvalue weighted by Crippen LogP contribution is -2.30. The van der Waals surface area contributed by atoms with Gasteiger partial charge in [0.25, 0.3) is 5.91 Å². The third-order valence-corrected chi connectivity index (χ3v) is 2.37. The van der Waals surface area contributed by atoms with Gasteiger partial charge < -0.3 is 15.0 Å². The number of amides is 1. The molecule has 0 saturated heterocycles. The third-order valence-electron chi connectivity index (χ3n) is 2.37. The predicted octanol–water partition coefficient (Wildman–Crippen LogP) is 0.805. The van der Waals surface area contributed by atoms with Crippen LogP contribution in [-0.2, 0) is 9.53 Å². The van der Waals surface area contributed by atoms with Gasteiger partial charge in [-0.1, -0.05) is 18.2 Å². The highest BCUT2D eigenvalue weighted by Crippen LogP contribution is 2.07. The number of carbonyl (C=O) groups is 3. The molecule has 0 aliphatic rings. The summed E-state index contributed by atoms with van der Waals surface area (Å²) in [5.41, 5.74) is 0.429. The maximum atomic E-state index is 12.1. The average molecular weight is 276 g/mol. The molecule has 0 aliphatic carbocycles. The molecule has 6 nitrogen and oxygen atoms in total. The van der Waals surface area contributed by atoms with E-state index in [1.807, 2.05) is 0 Å². The Bertz CT molecular complexity index is 550. The van der Waals surface area contributed by atoms with Gasteiger partial charge >= 0.3 is 5.97 Å². The molecule has 1 rings (SSSR count). The fourth-order valence-electron chi connectivity index (χ4n) is 1.50. The summed E-state index contributed by atoms with van der Waals surface area (Å²) in [6, 6.07) is 6.31. The first-order valence-electron chi connectivity index (χ1n) is 5.81. The van der Waals surface area contributed by atoms with Gasteiger partial charge in [-0.25, -0.2) is 4.79 Å². The number of nitrogens with zero attached hydrogens (tertiary/aromatic N) is 1. The number of hydrogen-bond donors (Lipinski definition) is 1. The standard InChI is InChI=1S/C14H16N2O4/c1-16(2)8-12(14(19)20-3)15-13(18)11-7-5-4-6-10(11)9-17/h4-9H,1-3H3,(H,15,18). The van der Waals surface area contributed by atoms with Gasteiger partial charge in [0.1, 0.15) is 5.70 Å². The largest absolute Gasteiger partial charge is 0.464 e. The Kier molecular flexibility index (Phi) is 5.46. The molecule has 0 radical (unpaired) electrons. The minimum absolute atomic E-state index is 0.0109. The molecule has 0 atom stereocenters. The fraction of sp³-hybridized carbons (Fsp3) is 0.214. The van der Waals surface area contributed by atoms with E-state index in [4.69, 9.17) is 0 Å². The average Bonchev–Trinajstić information content (AvgIpc) is 2.45. The van der Waals surface area contributed by atoms with E-state index < -0.39 is 11.9 Å². The second-order valence-corrected chi connectivity index (χ2v) is 4.16. The Hall–Kier alpha value is -2.63. The Balaban J connectivity index is 3.02. The van der Waals surface area contributed by atoms with Crippen molar-refractivity contribution >= 4 is 18.2 Å². The van der Waals surface area contributed by atoms with Gasteiger partial charge in [0.2, 0.25) is 0 Å². The van der Waals surface area contributed by atoms with E-state index in [1.54, 1.807) is 31.1 Å². The molecule has 6 heteroatoms. The molecule has 0 heterocycles. The number of rotatable bonds is 5. The number of hydrogen-bond acceptors (Lipinski definition) is 5. The number of benzene rings is 1. The molecular weight excluding hydrogens is 260 g/mol. The first-order chi connectivity index (χ1) is 9.49. The third kappa shape index (κ3) is 3.94. The maximum absolute atomic E-state index is 12.1. The summed E-state index contributed by atoms with van der Waals surface area (Å²) in [6.07, 6.45) is 2.01. The second kappa shape index (κ2) is 7.08. The van der Waals surface area contributed by atoms with Gasteiger partial charge in [-0.2, -0.15) is 0 Å².